The zero-order valence-corrected chi connectivity index (χ0v) is 22.6. The normalized spacial score (nSPS) is 20.4. The number of benzene rings is 3. The molecule has 3 heterocycles. The van der Waals surface area contributed by atoms with Crippen molar-refractivity contribution in [2.75, 3.05) is 13.1 Å². The van der Waals surface area contributed by atoms with Crippen LogP contribution in [0.5, 0.6) is 0 Å². The maximum atomic E-state index is 3.64. The van der Waals surface area contributed by atoms with Crippen LogP contribution in [-0.2, 0) is 25.9 Å². The summed E-state index contributed by atoms with van der Waals surface area (Å²) >= 11 is 7.28. The lowest BCUT2D eigenvalue weighted by atomic mass is 9.87. The molecule has 2 bridgehead atoms. The minimum atomic E-state index is 0. The first-order valence-electron chi connectivity index (χ1n) is 10.7. The largest absolute Gasteiger partial charge is 0.293 e. The molecule has 0 aromatic heterocycles. The van der Waals surface area contributed by atoms with Gasteiger partial charge in [0, 0.05) is 47.2 Å². The van der Waals surface area contributed by atoms with E-state index in [1.54, 1.807) is 0 Å². The summed E-state index contributed by atoms with van der Waals surface area (Å²) in [7, 11) is 0. The Labute approximate surface area is 220 Å². The van der Waals surface area contributed by atoms with Gasteiger partial charge in [-0.15, -0.1) is 24.8 Å². The predicted molar refractivity (Wildman–Crippen MR) is 145 cm³/mol. The second kappa shape index (κ2) is 11.5. The molecule has 1 fully saturated rings. The Kier molecular flexibility index (Phi) is 9.25. The number of piperazine rings is 1. The van der Waals surface area contributed by atoms with Gasteiger partial charge in [0.25, 0.3) is 0 Å². The van der Waals surface area contributed by atoms with Crippen molar-refractivity contribution in [3.05, 3.63) is 104 Å². The van der Waals surface area contributed by atoms with Gasteiger partial charge in [-0.25, -0.2) is 0 Å². The minimum absolute atomic E-state index is 0. The van der Waals surface area contributed by atoms with Crippen LogP contribution in [0.4, 0.5) is 0 Å². The molecule has 2 unspecified atom stereocenters. The first-order valence-corrected chi connectivity index (χ1v) is 12.3. The molecule has 0 aliphatic carbocycles. The summed E-state index contributed by atoms with van der Waals surface area (Å²) in [5.74, 6) is 0. The van der Waals surface area contributed by atoms with Crippen LogP contribution >= 0.6 is 56.7 Å². The van der Waals surface area contributed by atoms with Gasteiger partial charge in [-0.05, 0) is 59.4 Å². The van der Waals surface area contributed by atoms with E-state index in [1.165, 1.54) is 31.2 Å². The van der Waals surface area contributed by atoms with Crippen molar-refractivity contribution in [2.24, 2.45) is 0 Å². The van der Waals surface area contributed by atoms with Crippen molar-refractivity contribution < 1.29 is 0 Å². The maximum Gasteiger partial charge on any atom is 0.0268 e. The Bertz CT molecular complexity index is 963. The van der Waals surface area contributed by atoms with Crippen LogP contribution in [0.25, 0.3) is 0 Å². The third-order valence-corrected chi connectivity index (χ3v) is 7.49. The number of hydrogen-bond acceptors (Lipinski definition) is 2. The quantitative estimate of drug-likeness (QED) is 0.322. The number of halogens is 4. The molecule has 0 spiro atoms. The van der Waals surface area contributed by atoms with Crippen LogP contribution in [-0.4, -0.2) is 35.0 Å². The summed E-state index contributed by atoms with van der Waals surface area (Å²) in [6, 6.07) is 27.7. The van der Waals surface area contributed by atoms with Crippen LogP contribution < -0.4 is 0 Å². The van der Waals surface area contributed by atoms with Crippen LogP contribution in [0.3, 0.4) is 0 Å². The molecular weight excluding hydrogens is 571 g/mol. The molecule has 0 N–H and O–H groups in total. The van der Waals surface area contributed by atoms with Gasteiger partial charge in [0.05, 0.1) is 0 Å². The molecular formula is C26H28Br2Cl2N2. The number of hydrogen-bond donors (Lipinski definition) is 0. The summed E-state index contributed by atoms with van der Waals surface area (Å²) < 4.78 is 2.33. The number of nitrogens with zero attached hydrogens (tertiary/aromatic N) is 2. The predicted octanol–water partition coefficient (Wildman–Crippen LogP) is 6.91. The third-order valence-electron chi connectivity index (χ3n) is 6.50. The summed E-state index contributed by atoms with van der Waals surface area (Å²) in [5.41, 5.74) is 5.85. The molecule has 1 saturated heterocycles. The molecule has 0 radical (unpaired) electrons. The highest BCUT2D eigenvalue weighted by Gasteiger charge is 2.36. The van der Waals surface area contributed by atoms with E-state index in [1.807, 2.05) is 0 Å². The average molecular weight is 599 g/mol. The lowest BCUT2D eigenvalue weighted by Crippen LogP contribution is -2.59. The van der Waals surface area contributed by atoms with E-state index in [-0.39, 0.29) is 24.8 Å². The summed E-state index contributed by atoms with van der Waals surface area (Å²) in [4.78, 5) is 5.44. The molecule has 170 valence electrons. The molecule has 32 heavy (non-hydrogen) atoms. The molecule has 3 aromatic carbocycles. The molecule has 0 saturated carbocycles. The molecule has 6 heteroatoms. The molecule has 3 aliphatic rings. The minimum Gasteiger partial charge on any atom is -0.293 e. The fourth-order valence-corrected chi connectivity index (χ4v) is 5.94. The zero-order chi connectivity index (χ0) is 20.5. The van der Waals surface area contributed by atoms with Gasteiger partial charge in [0.1, 0.15) is 0 Å². The van der Waals surface area contributed by atoms with E-state index in [0.29, 0.717) is 12.1 Å². The SMILES string of the molecule is Brc1cccc(CN2CC3Cc4ccccc4CC2CN3Cc2cccc(Br)c2)c1.Cl.Cl. The van der Waals surface area contributed by atoms with Gasteiger partial charge >= 0.3 is 0 Å². The molecule has 3 aromatic rings. The van der Waals surface area contributed by atoms with Crippen LogP contribution in [0.2, 0.25) is 0 Å². The fraction of sp³-hybridized carbons (Fsp3) is 0.308. The maximum absolute atomic E-state index is 3.64. The van der Waals surface area contributed by atoms with E-state index in [9.17, 15) is 0 Å². The van der Waals surface area contributed by atoms with E-state index in [0.717, 1.165) is 39.0 Å². The Hall–Kier alpha value is -0.880. The van der Waals surface area contributed by atoms with Crippen molar-refractivity contribution >= 4 is 56.7 Å². The van der Waals surface area contributed by atoms with Crippen molar-refractivity contribution in [3.63, 3.8) is 0 Å². The number of fused-ring (bicyclic) bond motifs is 2. The first kappa shape index (κ1) is 25.7. The highest BCUT2D eigenvalue weighted by Crippen LogP contribution is 2.30. The van der Waals surface area contributed by atoms with Gasteiger partial charge in [-0.2, -0.15) is 0 Å². The molecule has 2 nitrogen and oxygen atoms in total. The Morgan fingerprint density at radius 1 is 0.625 bits per heavy atom. The van der Waals surface area contributed by atoms with Gasteiger partial charge in [0.2, 0.25) is 0 Å². The van der Waals surface area contributed by atoms with Crippen LogP contribution in [0.15, 0.2) is 81.7 Å². The Morgan fingerprint density at radius 3 is 1.47 bits per heavy atom. The van der Waals surface area contributed by atoms with Crippen molar-refractivity contribution in [2.45, 2.75) is 38.0 Å². The lowest BCUT2D eigenvalue weighted by Gasteiger charge is -2.49. The van der Waals surface area contributed by atoms with Crippen LogP contribution in [0, 0.1) is 0 Å². The van der Waals surface area contributed by atoms with E-state index >= 15 is 0 Å². The Morgan fingerprint density at radius 2 is 1.06 bits per heavy atom. The standard InChI is InChI=1S/C26H26Br2N2.2ClH/c27-23-9-3-5-19(11-23)15-29-18-26-14-22-8-2-1-7-21(22)13-25(29)17-30(26)16-20-6-4-10-24(28)12-20;;/h1-12,25-26H,13-18H2;2*1H. The molecule has 2 atom stereocenters. The van der Waals surface area contributed by atoms with E-state index in [4.69, 9.17) is 0 Å². The zero-order valence-electron chi connectivity index (χ0n) is 17.8. The molecule has 0 amide bonds. The highest BCUT2D eigenvalue weighted by molar-refractivity contribution is 9.10. The molecule has 3 aliphatic heterocycles. The van der Waals surface area contributed by atoms with Crippen molar-refractivity contribution in [3.8, 4) is 0 Å². The van der Waals surface area contributed by atoms with E-state index < -0.39 is 0 Å². The number of rotatable bonds is 4. The van der Waals surface area contributed by atoms with Gasteiger partial charge in [-0.1, -0.05) is 80.4 Å². The first-order chi connectivity index (χ1) is 14.6. The van der Waals surface area contributed by atoms with E-state index in [2.05, 4.69) is 114 Å². The summed E-state index contributed by atoms with van der Waals surface area (Å²) in [6.07, 6.45) is 2.26. The third kappa shape index (κ3) is 5.97. The van der Waals surface area contributed by atoms with Crippen molar-refractivity contribution in [1.82, 2.24) is 9.80 Å². The van der Waals surface area contributed by atoms with Gasteiger partial charge < -0.3 is 0 Å². The van der Waals surface area contributed by atoms with Crippen LogP contribution in [0.1, 0.15) is 22.3 Å². The van der Waals surface area contributed by atoms with Crippen molar-refractivity contribution in [1.29, 1.82) is 0 Å². The monoisotopic (exact) mass is 596 g/mol. The lowest BCUT2D eigenvalue weighted by molar-refractivity contribution is 0.0140. The average Bonchev–Trinajstić information content (AvgIpc) is 2.70. The summed E-state index contributed by atoms with van der Waals surface area (Å²) in [6.45, 7) is 4.29. The Balaban J connectivity index is 0.00000144. The smallest absolute Gasteiger partial charge is 0.0268 e. The fourth-order valence-electron chi connectivity index (χ4n) is 5.05. The second-order valence-corrected chi connectivity index (χ2v) is 10.4. The second-order valence-electron chi connectivity index (χ2n) is 8.60. The topological polar surface area (TPSA) is 6.48 Å². The molecule has 6 rings (SSSR count). The van der Waals surface area contributed by atoms with Gasteiger partial charge in [-0.3, -0.25) is 9.80 Å². The summed E-state index contributed by atoms with van der Waals surface area (Å²) in [5, 5.41) is 0. The highest BCUT2D eigenvalue weighted by atomic mass is 79.9. The van der Waals surface area contributed by atoms with Gasteiger partial charge in [0.15, 0.2) is 0 Å².